The summed E-state index contributed by atoms with van der Waals surface area (Å²) >= 11 is 0. The normalized spacial score (nSPS) is 23.5. The van der Waals surface area contributed by atoms with Crippen molar-refractivity contribution in [3.63, 3.8) is 0 Å². The lowest BCUT2D eigenvalue weighted by molar-refractivity contribution is -0.385. The second kappa shape index (κ2) is 3.93. The molecule has 6 nitrogen and oxygen atoms in total. The van der Waals surface area contributed by atoms with Crippen LogP contribution in [0.1, 0.15) is 31.0 Å². The van der Waals surface area contributed by atoms with Gasteiger partial charge in [-0.1, -0.05) is 0 Å². The number of nitro groups is 1. The Morgan fingerprint density at radius 2 is 2.44 bits per heavy atom. The van der Waals surface area contributed by atoms with E-state index < -0.39 is 4.92 Å². The van der Waals surface area contributed by atoms with Crippen LogP contribution in [0.2, 0.25) is 0 Å². The summed E-state index contributed by atoms with van der Waals surface area (Å²) in [6.07, 6.45) is 3.66. The highest BCUT2D eigenvalue weighted by atomic mass is 16.6. The van der Waals surface area contributed by atoms with Crippen LogP contribution in [0.5, 0.6) is 0 Å². The van der Waals surface area contributed by atoms with Gasteiger partial charge in [0.2, 0.25) is 0 Å². The fraction of sp³-hybridized carbons (Fsp3) is 0.600. The molecule has 1 aliphatic carbocycles. The first-order valence-electron chi connectivity index (χ1n) is 5.19. The van der Waals surface area contributed by atoms with Crippen LogP contribution in [0.25, 0.3) is 0 Å². The molecule has 6 heteroatoms. The lowest BCUT2D eigenvalue weighted by atomic mass is 9.78. The molecule has 2 rings (SSSR count). The van der Waals surface area contributed by atoms with Gasteiger partial charge < -0.3 is 0 Å². The molecule has 0 bridgehead atoms. The molecule has 0 N–H and O–H groups in total. The highest BCUT2D eigenvalue weighted by molar-refractivity contribution is 5.32. The van der Waals surface area contributed by atoms with Crippen molar-refractivity contribution >= 4 is 5.69 Å². The number of hydrogen-bond donors (Lipinski definition) is 0. The van der Waals surface area contributed by atoms with Crippen molar-refractivity contribution in [1.29, 1.82) is 5.26 Å². The van der Waals surface area contributed by atoms with Crippen molar-refractivity contribution in [1.82, 2.24) is 9.78 Å². The van der Waals surface area contributed by atoms with Gasteiger partial charge in [-0.2, -0.15) is 10.4 Å². The summed E-state index contributed by atoms with van der Waals surface area (Å²) in [5.41, 5.74) is 0.675. The van der Waals surface area contributed by atoms with Crippen LogP contribution in [0, 0.1) is 34.3 Å². The topological polar surface area (TPSA) is 84.8 Å². The molecule has 0 saturated heterocycles. The maximum absolute atomic E-state index is 10.6. The molecule has 1 fully saturated rings. The van der Waals surface area contributed by atoms with E-state index in [0.29, 0.717) is 18.0 Å². The summed E-state index contributed by atoms with van der Waals surface area (Å²) in [4.78, 5) is 10.2. The number of rotatable bonds is 3. The van der Waals surface area contributed by atoms with E-state index in [2.05, 4.69) is 11.2 Å². The summed E-state index contributed by atoms with van der Waals surface area (Å²) in [6.45, 7) is 1.71. The number of nitriles is 1. The van der Waals surface area contributed by atoms with Gasteiger partial charge in [0.25, 0.3) is 0 Å². The van der Waals surface area contributed by atoms with Gasteiger partial charge in [-0.25, -0.2) is 0 Å². The zero-order valence-electron chi connectivity index (χ0n) is 8.96. The smallest absolute Gasteiger partial charge is 0.260 e. The van der Waals surface area contributed by atoms with Crippen LogP contribution in [0.15, 0.2) is 6.20 Å². The van der Waals surface area contributed by atoms with Crippen LogP contribution in [-0.2, 0) is 0 Å². The molecule has 1 saturated carbocycles. The third kappa shape index (κ3) is 1.65. The molecular formula is C10H12N4O2. The minimum atomic E-state index is -0.412. The van der Waals surface area contributed by atoms with Crippen molar-refractivity contribution in [3.05, 3.63) is 22.0 Å². The lowest BCUT2D eigenvalue weighted by Gasteiger charge is -2.34. The molecule has 0 atom stereocenters. The van der Waals surface area contributed by atoms with Crippen LogP contribution < -0.4 is 0 Å². The first kappa shape index (κ1) is 10.6. The molecule has 1 aromatic rings. The number of nitrogens with zero attached hydrogens (tertiary/aromatic N) is 4. The molecule has 0 aromatic carbocycles. The van der Waals surface area contributed by atoms with E-state index in [4.69, 9.17) is 5.26 Å². The van der Waals surface area contributed by atoms with E-state index in [1.807, 2.05) is 0 Å². The van der Waals surface area contributed by atoms with E-state index in [1.54, 1.807) is 11.6 Å². The van der Waals surface area contributed by atoms with Gasteiger partial charge in [0, 0.05) is 6.42 Å². The summed E-state index contributed by atoms with van der Waals surface area (Å²) in [6, 6.07) is 2.37. The standard InChI is InChI=1S/C10H12N4O2/c1-7-10(14(15)16)6-12-13(7)9-4-8(5-9)2-3-11/h6,8-9H,2,4-5H2,1H3. The van der Waals surface area contributed by atoms with E-state index in [9.17, 15) is 10.1 Å². The van der Waals surface area contributed by atoms with Crippen LogP contribution in [0.3, 0.4) is 0 Å². The second-order valence-electron chi connectivity index (χ2n) is 4.17. The summed E-state index contributed by atoms with van der Waals surface area (Å²) < 4.78 is 1.71. The van der Waals surface area contributed by atoms with Gasteiger partial charge in [-0.3, -0.25) is 14.8 Å². The van der Waals surface area contributed by atoms with Gasteiger partial charge in [0.05, 0.1) is 17.0 Å². The van der Waals surface area contributed by atoms with Gasteiger partial charge in [-0.15, -0.1) is 0 Å². The van der Waals surface area contributed by atoms with E-state index >= 15 is 0 Å². The summed E-state index contributed by atoms with van der Waals surface area (Å²) in [7, 11) is 0. The zero-order valence-corrected chi connectivity index (χ0v) is 8.96. The second-order valence-corrected chi connectivity index (χ2v) is 4.17. The van der Waals surface area contributed by atoms with Crippen molar-refractivity contribution in [2.24, 2.45) is 5.92 Å². The van der Waals surface area contributed by atoms with Crippen molar-refractivity contribution in [3.8, 4) is 6.07 Å². The van der Waals surface area contributed by atoms with Gasteiger partial charge in [0.15, 0.2) is 0 Å². The summed E-state index contributed by atoms with van der Waals surface area (Å²) in [5.74, 6) is 0.428. The molecule has 1 aromatic heterocycles. The maximum Gasteiger partial charge on any atom is 0.309 e. The number of aromatic nitrogens is 2. The minimum Gasteiger partial charge on any atom is -0.260 e. The Labute approximate surface area is 92.6 Å². The average molecular weight is 220 g/mol. The zero-order chi connectivity index (χ0) is 11.7. The fourth-order valence-electron chi connectivity index (χ4n) is 2.16. The minimum absolute atomic E-state index is 0.0729. The Morgan fingerprint density at radius 3 is 2.94 bits per heavy atom. The van der Waals surface area contributed by atoms with Crippen LogP contribution >= 0.6 is 0 Å². The Balaban J connectivity index is 2.08. The Kier molecular flexibility index (Phi) is 2.60. The molecule has 0 aliphatic heterocycles. The largest absolute Gasteiger partial charge is 0.309 e. The monoisotopic (exact) mass is 220 g/mol. The number of hydrogen-bond acceptors (Lipinski definition) is 4. The van der Waals surface area contributed by atoms with E-state index in [0.717, 1.165) is 12.8 Å². The van der Waals surface area contributed by atoms with Gasteiger partial charge in [-0.05, 0) is 25.7 Å². The molecule has 0 radical (unpaired) electrons. The Morgan fingerprint density at radius 1 is 1.75 bits per heavy atom. The third-order valence-electron chi connectivity index (χ3n) is 3.15. The van der Waals surface area contributed by atoms with Crippen molar-refractivity contribution in [2.75, 3.05) is 0 Å². The first-order chi connectivity index (χ1) is 7.63. The molecule has 1 heterocycles. The molecule has 16 heavy (non-hydrogen) atoms. The molecule has 84 valence electrons. The molecule has 0 unspecified atom stereocenters. The van der Waals surface area contributed by atoms with Gasteiger partial charge in [0.1, 0.15) is 11.9 Å². The molecule has 0 amide bonds. The molecule has 1 aliphatic rings. The maximum atomic E-state index is 10.6. The lowest BCUT2D eigenvalue weighted by Crippen LogP contribution is -2.27. The van der Waals surface area contributed by atoms with Crippen LogP contribution in [-0.4, -0.2) is 14.7 Å². The predicted molar refractivity (Wildman–Crippen MR) is 55.6 cm³/mol. The predicted octanol–water partition coefficient (Wildman–Crippen LogP) is 1.96. The summed E-state index contributed by atoms with van der Waals surface area (Å²) in [5, 5.41) is 23.2. The quantitative estimate of drug-likeness (QED) is 0.575. The average Bonchev–Trinajstić information content (AvgIpc) is 2.53. The first-order valence-corrected chi connectivity index (χ1v) is 5.19. The molecule has 0 spiro atoms. The van der Waals surface area contributed by atoms with Gasteiger partial charge >= 0.3 is 5.69 Å². The van der Waals surface area contributed by atoms with E-state index in [1.165, 1.54) is 6.20 Å². The highest BCUT2D eigenvalue weighted by Crippen LogP contribution is 2.40. The van der Waals surface area contributed by atoms with Crippen molar-refractivity contribution < 1.29 is 4.92 Å². The Hall–Kier alpha value is -1.90. The molecular weight excluding hydrogens is 208 g/mol. The fourth-order valence-corrected chi connectivity index (χ4v) is 2.16. The van der Waals surface area contributed by atoms with E-state index in [-0.39, 0.29) is 11.7 Å². The van der Waals surface area contributed by atoms with Crippen molar-refractivity contribution in [2.45, 2.75) is 32.2 Å². The third-order valence-corrected chi connectivity index (χ3v) is 3.15. The Bertz CT molecular complexity index is 454. The van der Waals surface area contributed by atoms with Crippen LogP contribution in [0.4, 0.5) is 5.69 Å². The SMILES string of the molecule is Cc1c([N+](=O)[O-])cnn1C1CC(CC#N)C1. The highest BCUT2D eigenvalue weighted by Gasteiger charge is 2.33.